The highest BCUT2D eigenvalue weighted by Crippen LogP contribution is 2.12. The smallest absolute Gasteiger partial charge is 0.124 e. The molecular weight excluding hydrogens is 232 g/mol. The molecule has 0 aromatic carbocycles. The number of aromatic nitrogens is 4. The van der Waals surface area contributed by atoms with Crippen molar-refractivity contribution in [2.75, 3.05) is 0 Å². The molecule has 0 aliphatic heterocycles. The van der Waals surface area contributed by atoms with Crippen molar-refractivity contribution in [3.8, 4) is 11.4 Å². The topological polar surface area (TPSA) is 51.6 Å². The van der Waals surface area contributed by atoms with Gasteiger partial charge in [0.15, 0.2) is 0 Å². The maximum Gasteiger partial charge on any atom is 0.124 e. The van der Waals surface area contributed by atoms with Crippen molar-refractivity contribution in [3.63, 3.8) is 0 Å². The fourth-order valence-electron chi connectivity index (χ4n) is 0.876. The Kier molecular flexibility index (Phi) is 2.27. The Morgan fingerprint density at radius 3 is 2.31 bits per heavy atom. The first kappa shape index (κ1) is 8.25. The van der Waals surface area contributed by atoms with Gasteiger partial charge in [0.25, 0.3) is 0 Å². The number of rotatable bonds is 1. The fourth-order valence-corrected chi connectivity index (χ4v) is 1.08. The summed E-state index contributed by atoms with van der Waals surface area (Å²) in [4.78, 5) is 16.2. The van der Waals surface area contributed by atoms with Crippen LogP contribution in [0.5, 0.6) is 0 Å². The van der Waals surface area contributed by atoms with E-state index in [0.29, 0.717) is 4.60 Å². The van der Waals surface area contributed by atoms with Crippen molar-refractivity contribution >= 4 is 15.9 Å². The summed E-state index contributed by atoms with van der Waals surface area (Å²) < 4.78 is 0.708. The molecule has 0 N–H and O–H groups in total. The van der Waals surface area contributed by atoms with Crippen LogP contribution in [0.2, 0.25) is 0 Å². The van der Waals surface area contributed by atoms with Gasteiger partial charge in [0, 0.05) is 12.4 Å². The molecule has 0 saturated heterocycles. The van der Waals surface area contributed by atoms with E-state index in [1.54, 1.807) is 31.0 Å². The summed E-state index contributed by atoms with van der Waals surface area (Å²) in [5.41, 5.74) is 1.44. The summed E-state index contributed by atoms with van der Waals surface area (Å²) in [7, 11) is 0. The van der Waals surface area contributed by atoms with Crippen molar-refractivity contribution in [2.45, 2.75) is 0 Å². The van der Waals surface area contributed by atoms with Crippen LogP contribution in [0.1, 0.15) is 0 Å². The second kappa shape index (κ2) is 3.57. The lowest BCUT2D eigenvalue weighted by molar-refractivity contribution is 1.12. The molecule has 2 heterocycles. The molecule has 0 fully saturated rings. The van der Waals surface area contributed by atoms with Crippen molar-refractivity contribution in [1.29, 1.82) is 0 Å². The number of halogens is 1. The van der Waals surface area contributed by atoms with Gasteiger partial charge in [0.1, 0.15) is 16.0 Å². The Morgan fingerprint density at radius 1 is 0.846 bits per heavy atom. The summed E-state index contributed by atoms with van der Waals surface area (Å²) in [5, 5.41) is 0. The first-order valence-electron chi connectivity index (χ1n) is 3.60. The predicted molar refractivity (Wildman–Crippen MR) is 50.8 cm³/mol. The second-order valence-electron chi connectivity index (χ2n) is 2.32. The van der Waals surface area contributed by atoms with E-state index >= 15 is 0 Å². The molecule has 0 saturated carbocycles. The first-order valence-corrected chi connectivity index (χ1v) is 4.39. The molecule has 0 bridgehead atoms. The molecule has 2 aromatic heterocycles. The van der Waals surface area contributed by atoms with Gasteiger partial charge in [0.2, 0.25) is 0 Å². The van der Waals surface area contributed by atoms with Crippen LogP contribution < -0.4 is 0 Å². The van der Waals surface area contributed by atoms with E-state index < -0.39 is 0 Å². The zero-order valence-electron chi connectivity index (χ0n) is 6.55. The molecule has 64 valence electrons. The summed E-state index contributed by atoms with van der Waals surface area (Å²) in [6, 6.07) is 0. The van der Waals surface area contributed by atoms with E-state index in [2.05, 4.69) is 35.9 Å². The van der Waals surface area contributed by atoms with E-state index in [1.165, 1.54) is 0 Å². The first-order chi connectivity index (χ1) is 6.36. The molecule has 0 aliphatic rings. The van der Waals surface area contributed by atoms with Crippen molar-refractivity contribution in [1.82, 2.24) is 19.9 Å². The van der Waals surface area contributed by atoms with Gasteiger partial charge in [-0.05, 0) is 15.9 Å². The van der Waals surface area contributed by atoms with Gasteiger partial charge < -0.3 is 0 Å². The lowest BCUT2D eigenvalue weighted by Crippen LogP contribution is -1.89. The molecule has 0 unspecified atom stereocenters. The molecule has 0 aliphatic carbocycles. The lowest BCUT2D eigenvalue weighted by atomic mass is 10.3. The van der Waals surface area contributed by atoms with E-state index in [4.69, 9.17) is 0 Å². The molecule has 0 atom stereocenters. The van der Waals surface area contributed by atoms with Gasteiger partial charge in [-0.2, -0.15) is 0 Å². The highest BCUT2D eigenvalue weighted by molar-refractivity contribution is 9.10. The Hall–Kier alpha value is -1.36. The Balaban J connectivity index is 2.42. The van der Waals surface area contributed by atoms with Crippen LogP contribution in [-0.4, -0.2) is 19.9 Å². The van der Waals surface area contributed by atoms with Crippen LogP contribution in [0.15, 0.2) is 35.6 Å². The van der Waals surface area contributed by atoms with Crippen LogP contribution in [-0.2, 0) is 0 Å². The van der Waals surface area contributed by atoms with E-state index in [9.17, 15) is 0 Å². The lowest BCUT2D eigenvalue weighted by Gasteiger charge is -1.96. The van der Waals surface area contributed by atoms with E-state index in [-0.39, 0.29) is 0 Å². The Labute approximate surface area is 83.2 Å². The van der Waals surface area contributed by atoms with Crippen molar-refractivity contribution in [3.05, 3.63) is 35.6 Å². The normalized spacial score (nSPS) is 9.92. The Bertz CT molecular complexity index is 387. The largest absolute Gasteiger partial charge is 0.261 e. The minimum atomic E-state index is 0.708. The average molecular weight is 237 g/mol. The van der Waals surface area contributed by atoms with Gasteiger partial charge in [-0.3, -0.25) is 15.0 Å². The predicted octanol–water partition coefficient (Wildman–Crippen LogP) is 1.70. The molecule has 5 heteroatoms. The third-order valence-corrected chi connectivity index (χ3v) is 1.86. The van der Waals surface area contributed by atoms with E-state index in [0.717, 1.165) is 11.4 Å². The standard InChI is InChI=1S/C8H5BrN4/c9-8-5-12-7(4-13-8)6-3-10-1-2-11-6/h1-5H. The van der Waals surface area contributed by atoms with Gasteiger partial charge in [0.05, 0.1) is 18.6 Å². The summed E-state index contributed by atoms with van der Waals surface area (Å²) >= 11 is 3.21. The molecule has 0 spiro atoms. The van der Waals surface area contributed by atoms with Crippen LogP contribution >= 0.6 is 15.9 Å². The van der Waals surface area contributed by atoms with Gasteiger partial charge in [-0.25, -0.2) is 4.98 Å². The highest BCUT2D eigenvalue weighted by Gasteiger charge is 1.99. The van der Waals surface area contributed by atoms with Crippen LogP contribution in [0.25, 0.3) is 11.4 Å². The summed E-state index contributed by atoms with van der Waals surface area (Å²) in [5.74, 6) is 0. The fraction of sp³-hybridized carbons (Fsp3) is 0. The maximum atomic E-state index is 4.14. The number of nitrogens with zero attached hydrogens (tertiary/aromatic N) is 4. The zero-order valence-corrected chi connectivity index (χ0v) is 8.14. The quantitative estimate of drug-likeness (QED) is 0.757. The molecule has 0 amide bonds. The molecular formula is C8H5BrN4. The van der Waals surface area contributed by atoms with Gasteiger partial charge in [-0.1, -0.05) is 0 Å². The maximum absolute atomic E-state index is 4.14. The highest BCUT2D eigenvalue weighted by atomic mass is 79.9. The molecule has 2 aromatic rings. The van der Waals surface area contributed by atoms with Gasteiger partial charge in [-0.15, -0.1) is 0 Å². The molecule has 2 rings (SSSR count). The molecule has 0 radical (unpaired) electrons. The van der Waals surface area contributed by atoms with E-state index in [1.807, 2.05) is 0 Å². The summed E-state index contributed by atoms with van der Waals surface area (Å²) in [6.45, 7) is 0. The Morgan fingerprint density at radius 2 is 1.69 bits per heavy atom. The van der Waals surface area contributed by atoms with Crippen LogP contribution in [0.3, 0.4) is 0 Å². The number of hydrogen-bond donors (Lipinski definition) is 0. The third kappa shape index (κ3) is 1.86. The SMILES string of the molecule is Brc1cnc(-c2cnccn2)cn1. The third-order valence-electron chi connectivity index (χ3n) is 1.45. The van der Waals surface area contributed by atoms with Crippen LogP contribution in [0, 0.1) is 0 Å². The van der Waals surface area contributed by atoms with Crippen molar-refractivity contribution < 1.29 is 0 Å². The second-order valence-corrected chi connectivity index (χ2v) is 3.13. The molecule has 13 heavy (non-hydrogen) atoms. The van der Waals surface area contributed by atoms with Crippen molar-refractivity contribution in [2.24, 2.45) is 0 Å². The monoisotopic (exact) mass is 236 g/mol. The summed E-state index contributed by atoms with van der Waals surface area (Å²) in [6.07, 6.45) is 8.17. The number of hydrogen-bond acceptors (Lipinski definition) is 4. The van der Waals surface area contributed by atoms with Gasteiger partial charge >= 0.3 is 0 Å². The zero-order chi connectivity index (χ0) is 9.10. The average Bonchev–Trinajstić information content (AvgIpc) is 2.20. The molecule has 4 nitrogen and oxygen atoms in total. The van der Waals surface area contributed by atoms with Crippen LogP contribution in [0.4, 0.5) is 0 Å². The minimum Gasteiger partial charge on any atom is -0.261 e. The minimum absolute atomic E-state index is 0.708.